The molecular weight excluding hydrogens is 391 g/mol. The zero-order chi connectivity index (χ0) is 21.0. The zero-order valence-corrected chi connectivity index (χ0v) is 17.0. The summed E-state index contributed by atoms with van der Waals surface area (Å²) in [5.74, 6) is -1.11. The van der Waals surface area contributed by atoms with Gasteiger partial charge in [0.05, 0.1) is 11.3 Å². The Hall–Kier alpha value is -2.93. The van der Waals surface area contributed by atoms with E-state index >= 15 is 0 Å². The molecule has 150 valence electrons. The van der Waals surface area contributed by atoms with Gasteiger partial charge in [-0.15, -0.1) is 0 Å². The maximum Gasteiger partial charge on any atom is 0.293 e. The van der Waals surface area contributed by atoms with E-state index in [1.807, 2.05) is 32.0 Å². The van der Waals surface area contributed by atoms with Crippen LogP contribution in [-0.4, -0.2) is 35.0 Å². The Bertz CT molecular complexity index is 1000. The minimum absolute atomic E-state index is 0.0673. The van der Waals surface area contributed by atoms with Crippen LogP contribution in [0.5, 0.6) is 0 Å². The van der Waals surface area contributed by atoms with Crippen LogP contribution in [0, 0.1) is 19.7 Å². The lowest BCUT2D eigenvalue weighted by Gasteiger charge is -2.13. The minimum Gasteiger partial charge on any atom is -0.354 e. The van der Waals surface area contributed by atoms with Gasteiger partial charge in [-0.05, 0) is 48.9 Å². The fourth-order valence-corrected chi connectivity index (χ4v) is 3.82. The molecule has 2 aromatic carbocycles. The van der Waals surface area contributed by atoms with Gasteiger partial charge in [0, 0.05) is 18.7 Å². The van der Waals surface area contributed by atoms with E-state index in [1.165, 1.54) is 18.2 Å². The molecule has 0 spiro atoms. The number of nitrogens with one attached hydrogen (secondary N) is 1. The van der Waals surface area contributed by atoms with Gasteiger partial charge in [-0.2, -0.15) is 0 Å². The summed E-state index contributed by atoms with van der Waals surface area (Å²) in [5, 5.41) is 2.32. The molecule has 0 atom stereocenters. The quantitative estimate of drug-likeness (QED) is 0.732. The topological polar surface area (TPSA) is 66.5 Å². The molecule has 29 heavy (non-hydrogen) atoms. The number of benzene rings is 2. The fourth-order valence-electron chi connectivity index (χ4n) is 2.96. The van der Waals surface area contributed by atoms with Gasteiger partial charge in [-0.1, -0.05) is 42.0 Å². The number of nitrogens with zero attached hydrogens (tertiary/aromatic N) is 1. The maximum absolute atomic E-state index is 13.8. The van der Waals surface area contributed by atoms with Crippen LogP contribution in [0.3, 0.4) is 0 Å². The Labute approximate surface area is 173 Å². The summed E-state index contributed by atoms with van der Waals surface area (Å²) in [4.78, 5) is 38.0. The molecule has 3 rings (SSSR count). The Morgan fingerprint density at radius 3 is 2.69 bits per heavy atom. The number of thioether (sulfide) groups is 1. The van der Waals surface area contributed by atoms with Crippen LogP contribution in [0.25, 0.3) is 6.08 Å². The van der Waals surface area contributed by atoms with E-state index in [-0.39, 0.29) is 35.9 Å². The third kappa shape index (κ3) is 5.12. The van der Waals surface area contributed by atoms with E-state index in [0.29, 0.717) is 0 Å². The molecule has 2 aromatic rings. The molecule has 0 bridgehead atoms. The summed E-state index contributed by atoms with van der Waals surface area (Å²) in [6.07, 6.45) is 1.61. The van der Waals surface area contributed by atoms with E-state index in [1.54, 1.807) is 12.1 Å². The lowest BCUT2D eigenvalue weighted by Crippen LogP contribution is -2.37. The predicted molar refractivity (Wildman–Crippen MR) is 112 cm³/mol. The molecule has 3 amide bonds. The number of amides is 3. The normalized spacial score (nSPS) is 15.3. The molecule has 1 heterocycles. The molecular formula is C22H21FN2O3S. The van der Waals surface area contributed by atoms with Crippen molar-refractivity contribution in [2.45, 2.75) is 20.3 Å². The van der Waals surface area contributed by atoms with E-state index in [2.05, 4.69) is 5.32 Å². The van der Waals surface area contributed by atoms with Crippen molar-refractivity contribution in [1.82, 2.24) is 10.2 Å². The summed E-state index contributed by atoms with van der Waals surface area (Å²) >= 11 is 0.770. The lowest BCUT2D eigenvalue weighted by atomic mass is 10.0. The third-order valence-corrected chi connectivity index (χ3v) is 5.49. The first-order valence-corrected chi connectivity index (χ1v) is 9.99. The minimum atomic E-state index is -0.480. The number of rotatable bonds is 6. The monoisotopic (exact) mass is 412 g/mol. The highest BCUT2D eigenvalue weighted by Gasteiger charge is 2.34. The first kappa shape index (κ1) is 20.8. The Morgan fingerprint density at radius 2 is 1.93 bits per heavy atom. The Morgan fingerprint density at radius 1 is 1.17 bits per heavy atom. The van der Waals surface area contributed by atoms with E-state index in [0.717, 1.165) is 33.4 Å². The molecule has 0 radical (unpaired) electrons. The second-order valence-electron chi connectivity index (χ2n) is 6.81. The van der Waals surface area contributed by atoms with Gasteiger partial charge in [-0.3, -0.25) is 19.3 Å². The smallest absolute Gasteiger partial charge is 0.293 e. The van der Waals surface area contributed by atoms with E-state index in [9.17, 15) is 18.8 Å². The molecule has 7 heteroatoms. The molecule has 1 saturated heterocycles. The number of aryl methyl sites for hydroxylation is 2. The van der Waals surface area contributed by atoms with Gasteiger partial charge < -0.3 is 5.32 Å². The summed E-state index contributed by atoms with van der Waals surface area (Å²) in [6, 6.07) is 12.0. The van der Waals surface area contributed by atoms with Gasteiger partial charge in [0.25, 0.3) is 11.1 Å². The average Bonchev–Trinajstić information content (AvgIpc) is 2.94. The highest BCUT2D eigenvalue weighted by Crippen LogP contribution is 2.32. The van der Waals surface area contributed by atoms with E-state index < -0.39 is 17.0 Å². The number of carbonyl (C=O) groups excluding carboxylic acids is 3. The Kier molecular flexibility index (Phi) is 6.49. The van der Waals surface area contributed by atoms with Crippen LogP contribution in [0.1, 0.15) is 22.3 Å². The highest BCUT2D eigenvalue weighted by molar-refractivity contribution is 8.18. The number of halogens is 1. The molecule has 1 N–H and O–H groups in total. The van der Waals surface area contributed by atoms with Gasteiger partial charge in [0.15, 0.2) is 0 Å². The van der Waals surface area contributed by atoms with Crippen molar-refractivity contribution in [3.8, 4) is 0 Å². The summed E-state index contributed by atoms with van der Waals surface area (Å²) in [5.41, 5.74) is 3.31. The van der Waals surface area contributed by atoms with Crippen molar-refractivity contribution in [1.29, 1.82) is 0 Å². The third-order valence-electron chi connectivity index (χ3n) is 4.58. The maximum atomic E-state index is 13.8. The largest absolute Gasteiger partial charge is 0.354 e. The standard InChI is InChI=1S/C22H21FN2O3S/c1-14-7-8-15(2)17(11-14)13-20(26)24-9-10-25-21(27)19(29-22(25)28)12-16-5-3-4-6-18(16)23/h3-8,11-12H,9-10,13H2,1-2H3,(H,24,26)/b19-12-. The summed E-state index contributed by atoms with van der Waals surface area (Å²) < 4.78 is 13.8. The molecule has 1 aliphatic rings. The average molecular weight is 412 g/mol. The molecule has 5 nitrogen and oxygen atoms in total. The predicted octanol–water partition coefficient (Wildman–Crippen LogP) is 3.84. The van der Waals surface area contributed by atoms with Crippen molar-refractivity contribution in [2.24, 2.45) is 0 Å². The number of imide groups is 1. The molecule has 0 unspecified atom stereocenters. The van der Waals surface area contributed by atoms with Gasteiger partial charge >= 0.3 is 0 Å². The van der Waals surface area contributed by atoms with Crippen LogP contribution in [-0.2, 0) is 16.0 Å². The number of hydrogen-bond donors (Lipinski definition) is 1. The van der Waals surface area contributed by atoms with Crippen LogP contribution in [0.2, 0.25) is 0 Å². The number of hydrogen-bond acceptors (Lipinski definition) is 4. The van der Waals surface area contributed by atoms with Crippen molar-refractivity contribution in [3.63, 3.8) is 0 Å². The second kappa shape index (κ2) is 9.05. The molecule has 1 fully saturated rings. The lowest BCUT2D eigenvalue weighted by molar-refractivity contribution is -0.124. The molecule has 0 saturated carbocycles. The van der Waals surface area contributed by atoms with Crippen molar-refractivity contribution in [3.05, 3.63) is 75.4 Å². The van der Waals surface area contributed by atoms with Crippen molar-refractivity contribution < 1.29 is 18.8 Å². The van der Waals surface area contributed by atoms with Crippen molar-refractivity contribution in [2.75, 3.05) is 13.1 Å². The molecule has 0 aromatic heterocycles. The van der Waals surface area contributed by atoms with Gasteiger partial charge in [0.2, 0.25) is 5.91 Å². The SMILES string of the molecule is Cc1ccc(C)c(CC(=O)NCCN2C(=O)S/C(=C\c3ccccc3F)C2=O)c1. The highest BCUT2D eigenvalue weighted by atomic mass is 32.2. The summed E-state index contributed by atoms with van der Waals surface area (Å²) in [6.45, 7) is 4.15. The van der Waals surface area contributed by atoms with Crippen LogP contribution in [0.15, 0.2) is 47.4 Å². The van der Waals surface area contributed by atoms with Gasteiger partial charge in [-0.25, -0.2) is 4.39 Å². The van der Waals surface area contributed by atoms with Crippen LogP contribution < -0.4 is 5.32 Å². The molecule has 0 aliphatic carbocycles. The summed E-state index contributed by atoms with van der Waals surface area (Å²) in [7, 11) is 0. The first-order chi connectivity index (χ1) is 13.8. The first-order valence-electron chi connectivity index (χ1n) is 9.18. The van der Waals surface area contributed by atoms with E-state index in [4.69, 9.17) is 0 Å². The van der Waals surface area contributed by atoms with Gasteiger partial charge in [0.1, 0.15) is 5.82 Å². The van der Waals surface area contributed by atoms with Crippen LogP contribution in [0.4, 0.5) is 9.18 Å². The fraction of sp³-hybridized carbons (Fsp3) is 0.227. The zero-order valence-electron chi connectivity index (χ0n) is 16.2. The van der Waals surface area contributed by atoms with Crippen LogP contribution >= 0.6 is 11.8 Å². The number of carbonyl (C=O) groups is 3. The second-order valence-corrected chi connectivity index (χ2v) is 7.80. The van der Waals surface area contributed by atoms with Crippen molar-refractivity contribution >= 4 is 34.9 Å². The Balaban J connectivity index is 1.56. The molecule has 1 aliphatic heterocycles.